The lowest BCUT2D eigenvalue weighted by atomic mass is 9.98. The summed E-state index contributed by atoms with van der Waals surface area (Å²) in [5, 5.41) is 6.15. The molecule has 4 heterocycles. The van der Waals surface area contributed by atoms with Crippen LogP contribution >= 0.6 is 0 Å². The predicted octanol–water partition coefficient (Wildman–Crippen LogP) is 3.79. The number of nitrogens with zero attached hydrogens (tertiary/aromatic N) is 5. The lowest BCUT2D eigenvalue weighted by Gasteiger charge is -2.15. The Bertz CT molecular complexity index is 1470. The second kappa shape index (κ2) is 8.25. The average Bonchev–Trinajstić information content (AvgIpc) is 3.17. The maximum atomic E-state index is 12.9. The van der Waals surface area contributed by atoms with Gasteiger partial charge in [-0.1, -0.05) is 6.07 Å². The van der Waals surface area contributed by atoms with E-state index in [4.69, 9.17) is 0 Å². The molecule has 0 amide bonds. The standard InChI is InChI=1S/C24H22N6O2S/c1-16-24(15-30(2)28-16)33(31,32)29-20-11-19(13-26-14-20)18-3-4-23-22(12-18)21(7-10-27-23)17-5-8-25-9-6-17/h3-14,24,29H,15H2,1-2H3. The first-order valence-electron chi connectivity index (χ1n) is 10.4. The minimum Gasteiger partial charge on any atom is -0.298 e. The molecule has 0 bridgehead atoms. The van der Waals surface area contributed by atoms with Gasteiger partial charge in [-0.3, -0.25) is 24.7 Å². The van der Waals surface area contributed by atoms with Crippen molar-refractivity contribution in [1.82, 2.24) is 20.0 Å². The number of hydrogen-bond donors (Lipinski definition) is 1. The highest BCUT2D eigenvalue weighted by atomic mass is 32.2. The van der Waals surface area contributed by atoms with Crippen molar-refractivity contribution in [2.75, 3.05) is 18.3 Å². The van der Waals surface area contributed by atoms with Gasteiger partial charge in [0.05, 0.1) is 29.7 Å². The lowest BCUT2D eigenvalue weighted by molar-refractivity contribution is 0.392. The van der Waals surface area contributed by atoms with Crippen molar-refractivity contribution in [3.8, 4) is 22.3 Å². The van der Waals surface area contributed by atoms with Crippen LogP contribution in [0.2, 0.25) is 0 Å². The molecule has 1 N–H and O–H groups in total. The summed E-state index contributed by atoms with van der Waals surface area (Å²) in [6.45, 7) is 2.05. The van der Waals surface area contributed by atoms with E-state index in [0.717, 1.165) is 33.2 Å². The summed E-state index contributed by atoms with van der Waals surface area (Å²) in [4.78, 5) is 12.9. The first-order chi connectivity index (χ1) is 15.9. The fourth-order valence-electron chi connectivity index (χ4n) is 4.07. The Kier molecular flexibility index (Phi) is 5.26. The fraction of sp³-hybridized carbons (Fsp3) is 0.167. The molecule has 0 radical (unpaired) electrons. The summed E-state index contributed by atoms with van der Waals surface area (Å²) in [5.41, 5.74) is 5.67. The third kappa shape index (κ3) is 4.14. The normalized spacial score (nSPS) is 16.1. The van der Waals surface area contributed by atoms with Gasteiger partial charge in [0.1, 0.15) is 5.25 Å². The summed E-state index contributed by atoms with van der Waals surface area (Å²) in [5.74, 6) is 0. The van der Waals surface area contributed by atoms with Gasteiger partial charge in [-0.05, 0) is 60.0 Å². The highest BCUT2D eigenvalue weighted by Crippen LogP contribution is 2.31. The fourth-order valence-corrected chi connectivity index (χ4v) is 5.56. The van der Waals surface area contributed by atoms with Gasteiger partial charge in [0.2, 0.25) is 10.0 Å². The molecule has 0 spiro atoms. The molecule has 9 heteroatoms. The Morgan fingerprint density at radius 2 is 1.76 bits per heavy atom. The van der Waals surface area contributed by atoms with E-state index in [2.05, 4.69) is 30.8 Å². The summed E-state index contributed by atoms with van der Waals surface area (Å²) in [7, 11) is -1.89. The van der Waals surface area contributed by atoms with Crippen molar-refractivity contribution in [1.29, 1.82) is 0 Å². The van der Waals surface area contributed by atoms with E-state index in [9.17, 15) is 8.42 Å². The van der Waals surface area contributed by atoms with E-state index in [0.29, 0.717) is 17.9 Å². The van der Waals surface area contributed by atoms with Crippen LogP contribution in [0.5, 0.6) is 0 Å². The third-order valence-corrected chi connectivity index (χ3v) is 7.42. The summed E-state index contributed by atoms with van der Waals surface area (Å²) in [6.07, 6.45) is 8.55. The lowest BCUT2D eigenvalue weighted by Crippen LogP contribution is -2.35. The van der Waals surface area contributed by atoms with Crippen LogP contribution in [0.15, 0.2) is 78.6 Å². The van der Waals surface area contributed by atoms with Crippen LogP contribution in [0.3, 0.4) is 0 Å². The summed E-state index contributed by atoms with van der Waals surface area (Å²) < 4.78 is 28.5. The molecule has 1 unspecified atom stereocenters. The number of nitrogens with one attached hydrogen (secondary N) is 1. The third-order valence-electron chi connectivity index (χ3n) is 5.66. The van der Waals surface area contributed by atoms with Gasteiger partial charge in [0, 0.05) is 42.8 Å². The number of anilines is 1. The number of aromatic nitrogens is 3. The minimum absolute atomic E-state index is 0.323. The summed E-state index contributed by atoms with van der Waals surface area (Å²) in [6, 6.07) is 13.7. The molecule has 1 aliphatic rings. The van der Waals surface area contributed by atoms with Gasteiger partial charge in [0.25, 0.3) is 0 Å². The second-order valence-electron chi connectivity index (χ2n) is 8.01. The van der Waals surface area contributed by atoms with Crippen molar-refractivity contribution in [3.63, 3.8) is 0 Å². The van der Waals surface area contributed by atoms with Crippen molar-refractivity contribution < 1.29 is 8.42 Å². The molecule has 1 aliphatic heterocycles. The zero-order chi connectivity index (χ0) is 23.0. The molecule has 8 nitrogen and oxygen atoms in total. The second-order valence-corrected chi connectivity index (χ2v) is 9.87. The van der Waals surface area contributed by atoms with Gasteiger partial charge < -0.3 is 0 Å². The van der Waals surface area contributed by atoms with Crippen LogP contribution in [0, 0.1) is 0 Å². The SMILES string of the molecule is CC1=NN(C)CC1S(=O)(=O)Nc1cncc(-c2ccc3nccc(-c4ccncc4)c3c2)c1. The van der Waals surface area contributed by atoms with E-state index in [1.807, 2.05) is 30.3 Å². The zero-order valence-corrected chi connectivity index (χ0v) is 19.0. The molecule has 3 aromatic heterocycles. The van der Waals surface area contributed by atoms with Gasteiger partial charge >= 0.3 is 0 Å². The van der Waals surface area contributed by atoms with Crippen molar-refractivity contribution in [2.45, 2.75) is 12.2 Å². The highest BCUT2D eigenvalue weighted by Gasteiger charge is 2.33. The molecule has 1 atom stereocenters. The number of sulfonamides is 1. The van der Waals surface area contributed by atoms with E-state index in [1.54, 1.807) is 49.8 Å². The minimum atomic E-state index is -3.65. The topological polar surface area (TPSA) is 100 Å². The van der Waals surface area contributed by atoms with Crippen LogP contribution in [0.25, 0.3) is 33.2 Å². The van der Waals surface area contributed by atoms with Crippen LogP contribution in [-0.2, 0) is 10.0 Å². The number of fused-ring (bicyclic) bond motifs is 1. The molecule has 166 valence electrons. The molecule has 0 saturated heterocycles. The number of hydrogen-bond acceptors (Lipinski definition) is 7. The van der Waals surface area contributed by atoms with Gasteiger partial charge in [-0.2, -0.15) is 5.10 Å². The Hall–Kier alpha value is -3.85. The van der Waals surface area contributed by atoms with Crippen molar-refractivity contribution in [2.24, 2.45) is 5.10 Å². The molecule has 0 aliphatic carbocycles. The van der Waals surface area contributed by atoms with Gasteiger partial charge in [0.15, 0.2) is 0 Å². The van der Waals surface area contributed by atoms with E-state index < -0.39 is 15.3 Å². The highest BCUT2D eigenvalue weighted by molar-refractivity contribution is 7.94. The molecule has 0 saturated carbocycles. The van der Waals surface area contributed by atoms with Crippen molar-refractivity contribution in [3.05, 3.63) is 73.4 Å². The Balaban J connectivity index is 1.50. The van der Waals surface area contributed by atoms with Crippen LogP contribution in [-0.4, -0.2) is 52.9 Å². The predicted molar refractivity (Wildman–Crippen MR) is 130 cm³/mol. The monoisotopic (exact) mass is 458 g/mol. The first kappa shape index (κ1) is 21.0. The Labute approximate surface area is 192 Å². The summed E-state index contributed by atoms with van der Waals surface area (Å²) >= 11 is 0. The molecule has 33 heavy (non-hydrogen) atoms. The van der Waals surface area contributed by atoms with E-state index in [-0.39, 0.29) is 0 Å². The number of hydrazone groups is 1. The Morgan fingerprint density at radius 1 is 0.939 bits per heavy atom. The zero-order valence-electron chi connectivity index (χ0n) is 18.2. The van der Waals surface area contributed by atoms with Crippen molar-refractivity contribution >= 4 is 32.3 Å². The quantitative estimate of drug-likeness (QED) is 0.488. The van der Waals surface area contributed by atoms with Crippen LogP contribution in [0.1, 0.15) is 6.92 Å². The largest absolute Gasteiger partial charge is 0.298 e. The van der Waals surface area contributed by atoms with E-state index >= 15 is 0 Å². The number of pyridine rings is 3. The number of benzene rings is 1. The van der Waals surface area contributed by atoms with Gasteiger partial charge in [-0.15, -0.1) is 0 Å². The van der Waals surface area contributed by atoms with E-state index in [1.165, 1.54) is 6.20 Å². The smallest absolute Gasteiger partial charge is 0.242 e. The molecule has 5 rings (SSSR count). The molecule has 0 fully saturated rings. The maximum Gasteiger partial charge on any atom is 0.242 e. The van der Waals surface area contributed by atoms with Crippen LogP contribution in [0.4, 0.5) is 5.69 Å². The molecule has 1 aromatic carbocycles. The molecule has 4 aromatic rings. The molecular formula is C24H22N6O2S. The first-order valence-corrected chi connectivity index (χ1v) is 12.0. The van der Waals surface area contributed by atoms with Crippen LogP contribution < -0.4 is 4.72 Å². The maximum absolute atomic E-state index is 12.9. The number of rotatable bonds is 5. The van der Waals surface area contributed by atoms with Gasteiger partial charge in [-0.25, -0.2) is 8.42 Å². The molecular weight excluding hydrogens is 436 g/mol. The average molecular weight is 459 g/mol. The Morgan fingerprint density at radius 3 is 2.52 bits per heavy atom.